The number of halogens is 3. The lowest BCUT2D eigenvalue weighted by Gasteiger charge is -2.30. The molecule has 0 unspecified atom stereocenters. The fraction of sp³-hybridized carbons (Fsp3) is 0.391. The zero-order chi connectivity index (χ0) is 23.1. The van der Waals surface area contributed by atoms with Crippen LogP contribution in [-0.2, 0) is 16.1 Å². The van der Waals surface area contributed by atoms with Crippen molar-refractivity contribution in [2.75, 3.05) is 6.61 Å². The van der Waals surface area contributed by atoms with Crippen LogP contribution in [0.15, 0.2) is 40.9 Å². The number of carbonyl (C=O) groups is 2. The van der Waals surface area contributed by atoms with Crippen LogP contribution in [0.3, 0.4) is 0 Å². The van der Waals surface area contributed by atoms with E-state index < -0.39 is 6.04 Å². The van der Waals surface area contributed by atoms with E-state index in [0.29, 0.717) is 21.4 Å². The molecular weight excluding hydrogens is 503 g/mol. The molecule has 31 heavy (non-hydrogen) atoms. The summed E-state index contributed by atoms with van der Waals surface area (Å²) in [5.74, 6) is -0.0183. The van der Waals surface area contributed by atoms with Gasteiger partial charge in [-0.05, 0) is 63.1 Å². The van der Waals surface area contributed by atoms with Gasteiger partial charge in [-0.3, -0.25) is 9.59 Å². The fourth-order valence-corrected chi connectivity index (χ4v) is 3.60. The molecule has 1 N–H and O–H groups in total. The van der Waals surface area contributed by atoms with E-state index in [2.05, 4.69) is 21.2 Å². The molecule has 2 aromatic carbocycles. The van der Waals surface area contributed by atoms with Crippen LogP contribution >= 0.6 is 39.1 Å². The molecule has 0 aromatic heterocycles. The predicted octanol–water partition coefficient (Wildman–Crippen LogP) is 5.78. The van der Waals surface area contributed by atoms with Crippen LogP contribution < -0.4 is 10.1 Å². The van der Waals surface area contributed by atoms with E-state index >= 15 is 0 Å². The van der Waals surface area contributed by atoms with Crippen LogP contribution in [0.5, 0.6) is 5.75 Å². The highest BCUT2D eigenvalue weighted by molar-refractivity contribution is 9.10. The molecule has 0 aliphatic heterocycles. The van der Waals surface area contributed by atoms with Gasteiger partial charge in [0.2, 0.25) is 5.91 Å². The quantitative estimate of drug-likeness (QED) is 0.448. The van der Waals surface area contributed by atoms with Crippen molar-refractivity contribution in [2.45, 2.75) is 52.7 Å². The van der Waals surface area contributed by atoms with E-state index in [1.165, 1.54) is 4.90 Å². The van der Waals surface area contributed by atoms with Gasteiger partial charge in [0, 0.05) is 32.7 Å². The molecule has 2 rings (SSSR count). The molecule has 8 heteroatoms. The third-order valence-corrected chi connectivity index (χ3v) is 6.65. The van der Waals surface area contributed by atoms with Gasteiger partial charge in [-0.15, -0.1) is 0 Å². The van der Waals surface area contributed by atoms with Gasteiger partial charge < -0.3 is 15.0 Å². The van der Waals surface area contributed by atoms with Crippen LogP contribution in [0.4, 0.5) is 0 Å². The molecule has 0 spiro atoms. The minimum atomic E-state index is -0.732. The van der Waals surface area contributed by atoms with E-state index in [0.717, 1.165) is 16.5 Å². The van der Waals surface area contributed by atoms with Crippen LogP contribution in [-0.4, -0.2) is 35.4 Å². The van der Waals surface area contributed by atoms with Crippen molar-refractivity contribution in [1.29, 1.82) is 0 Å². The minimum absolute atomic E-state index is 0.00204. The second-order valence-corrected chi connectivity index (χ2v) is 9.08. The topological polar surface area (TPSA) is 58.6 Å². The Hall–Kier alpha value is -1.76. The molecule has 0 bridgehead atoms. The summed E-state index contributed by atoms with van der Waals surface area (Å²) in [6.45, 7) is 7.39. The lowest BCUT2D eigenvalue weighted by atomic mass is 10.1. The second-order valence-electron chi connectivity index (χ2n) is 7.42. The Morgan fingerprint density at radius 3 is 2.39 bits per heavy atom. The van der Waals surface area contributed by atoms with Gasteiger partial charge in [0.25, 0.3) is 5.91 Å². The molecule has 0 aliphatic carbocycles. The van der Waals surface area contributed by atoms with E-state index in [1.54, 1.807) is 31.2 Å². The molecule has 0 saturated heterocycles. The molecule has 0 fully saturated rings. The fourth-order valence-electron chi connectivity index (χ4n) is 2.84. The van der Waals surface area contributed by atoms with Gasteiger partial charge in [-0.1, -0.05) is 52.1 Å². The van der Waals surface area contributed by atoms with Crippen molar-refractivity contribution in [2.24, 2.45) is 0 Å². The Kier molecular flexibility index (Phi) is 9.66. The zero-order valence-electron chi connectivity index (χ0n) is 18.0. The Morgan fingerprint density at radius 2 is 1.81 bits per heavy atom. The highest BCUT2D eigenvalue weighted by atomic mass is 79.9. The lowest BCUT2D eigenvalue weighted by molar-refractivity contribution is -0.142. The zero-order valence-corrected chi connectivity index (χ0v) is 21.1. The van der Waals surface area contributed by atoms with Gasteiger partial charge in [0.1, 0.15) is 11.8 Å². The molecule has 0 heterocycles. The van der Waals surface area contributed by atoms with Crippen molar-refractivity contribution in [3.8, 4) is 5.75 Å². The van der Waals surface area contributed by atoms with Gasteiger partial charge in [0.15, 0.2) is 6.61 Å². The second kappa shape index (κ2) is 11.7. The number of rotatable bonds is 9. The van der Waals surface area contributed by atoms with E-state index in [9.17, 15) is 9.59 Å². The van der Waals surface area contributed by atoms with Crippen LogP contribution in [0.25, 0.3) is 0 Å². The molecule has 2 amide bonds. The molecule has 5 nitrogen and oxygen atoms in total. The Bertz CT molecular complexity index is 919. The summed E-state index contributed by atoms with van der Waals surface area (Å²) in [6, 6.07) is 9.88. The van der Waals surface area contributed by atoms with Crippen molar-refractivity contribution < 1.29 is 14.3 Å². The Morgan fingerprint density at radius 1 is 1.16 bits per heavy atom. The average molecular weight is 530 g/mol. The summed E-state index contributed by atoms with van der Waals surface area (Å²) in [5, 5.41) is 3.79. The van der Waals surface area contributed by atoms with Gasteiger partial charge in [0.05, 0.1) is 0 Å². The molecule has 0 radical (unpaired) electrons. The average Bonchev–Trinajstić information content (AvgIpc) is 2.73. The summed E-state index contributed by atoms with van der Waals surface area (Å²) in [5.41, 5.74) is 1.58. The third kappa shape index (κ3) is 7.13. The number of hydrogen-bond acceptors (Lipinski definition) is 3. The molecule has 2 aromatic rings. The first kappa shape index (κ1) is 25.5. The summed E-state index contributed by atoms with van der Waals surface area (Å²) in [7, 11) is 0. The number of nitrogens with one attached hydrogen (secondary N) is 1. The number of carbonyl (C=O) groups excluding carboxylic acids is 2. The molecular formula is C23H27BrCl2N2O3. The minimum Gasteiger partial charge on any atom is -0.484 e. The van der Waals surface area contributed by atoms with Crippen molar-refractivity contribution >= 4 is 50.9 Å². The van der Waals surface area contributed by atoms with Gasteiger partial charge in [-0.2, -0.15) is 0 Å². The summed E-state index contributed by atoms with van der Waals surface area (Å²) < 4.78 is 6.66. The van der Waals surface area contributed by atoms with Crippen molar-refractivity contribution in [3.05, 3.63) is 62.0 Å². The summed E-state index contributed by atoms with van der Waals surface area (Å²) in [6.07, 6.45) is 0.786. The maximum absolute atomic E-state index is 13.1. The first-order valence-electron chi connectivity index (χ1n) is 10.1. The lowest BCUT2D eigenvalue weighted by Crippen LogP contribution is -2.50. The smallest absolute Gasteiger partial charge is 0.261 e. The summed E-state index contributed by atoms with van der Waals surface area (Å²) in [4.78, 5) is 27.3. The van der Waals surface area contributed by atoms with E-state index in [1.807, 2.05) is 32.9 Å². The van der Waals surface area contributed by atoms with Crippen LogP contribution in [0, 0.1) is 6.92 Å². The molecule has 2 atom stereocenters. The first-order chi connectivity index (χ1) is 14.6. The summed E-state index contributed by atoms with van der Waals surface area (Å²) >= 11 is 16.1. The first-order valence-corrected chi connectivity index (χ1v) is 11.6. The normalized spacial score (nSPS) is 12.7. The van der Waals surface area contributed by atoms with Gasteiger partial charge >= 0.3 is 0 Å². The van der Waals surface area contributed by atoms with E-state index in [-0.39, 0.29) is 31.0 Å². The predicted molar refractivity (Wildman–Crippen MR) is 129 cm³/mol. The number of benzene rings is 2. The number of aryl methyl sites for hydroxylation is 1. The largest absolute Gasteiger partial charge is 0.484 e. The standard InChI is InChI=1S/C23H27BrCl2N2O3/c1-5-15(3)27-23(30)16(4)28(12-18-20(25)7-6-8-21(18)26)22(29)13-31-17-9-10-19(24)14(2)11-17/h6-11,15-16H,5,12-13H2,1-4H3,(H,27,30)/t15-,16+/m0/s1. The highest BCUT2D eigenvalue weighted by Gasteiger charge is 2.28. The maximum Gasteiger partial charge on any atom is 0.261 e. The van der Waals surface area contributed by atoms with Gasteiger partial charge in [-0.25, -0.2) is 0 Å². The van der Waals surface area contributed by atoms with Crippen LogP contribution in [0.2, 0.25) is 10.0 Å². The molecule has 0 saturated carbocycles. The number of ether oxygens (including phenoxy) is 1. The number of amides is 2. The monoisotopic (exact) mass is 528 g/mol. The maximum atomic E-state index is 13.1. The van der Waals surface area contributed by atoms with Crippen molar-refractivity contribution in [3.63, 3.8) is 0 Å². The van der Waals surface area contributed by atoms with Crippen LogP contribution in [0.1, 0.15) is 38.3 Å². The third-order valence-electron chi connectivity index (χ3n) is 5.05. The SMILES string of the molecule is CC[C@H](C)NC(=O)[C@@H](C)N(Cc1c(Cl)cccc1Cl)C(=O)COc1ccc(Br)c(C)c1. The Labute approximate surface area is 202 Å². The van der Waals surface area contributed by atoms with Crippen molar-refractivity contribution in [1.82, 2.24) is 10.2 Å². The number of nitrogens with zero attached hydrogens (tertiary/aromatic N) is 1. The van der Waals surface area contributed by atoms with E-state index in [4.69, 9.17) is 27.9 Å². The number of hydrogen-bond donors (Lipinski definition) is 1. The Balaban J connectivity index is 2.23. The molecule has 0 aliphatic rings. The molecule has 168 valence electrons. The highest BCUT2D eigenvalue weighted by Crippen LogP contribution is 2.27.